The van der Waals surface area contributed by atoms with E-state index < -0.39 is 24.3 Å². The summed E-state index contributed by atoms with van der Waals surface area (Å²) < 4.78 is 46.9. The molecule has 1 unspecified atom stereocenters. The molecule has 0 fully saturated rings. The Morgan fingerprint density at radius 3 is 2.41 bits per heavy atom. The van der Waals surface area contributed by atoms with Gasteiger partial charge in [0.25, 0.3) is 5.60 Å². The fourth-order valence-corrected chi connectivity index (χ4v) is 3.42. The van der Waals surface area contributed by atoms with Gasteiger partial charge in [-0.15, -0.1) is 0 Å². The number of nitrogens with one attached hydrogen (secondary N) is 1. The van der Waals surface area contributed by atoms with Crippen LogP contribution >= 0.6 is 34.8 Å². The van der Waals surface area contributed by atoms with Gasteiger partial charge in [-0.1, -0.05) is 46.0 Å². The Labute approximate surface area is 177 Å². The van der Waals surface area contributed by atoms with E-state index in [0.717, 1.165) is 12.1 Å². The normalized spacial score (nSPS) is 18.8. The average molecular weight is 469 g/mol. The lowest BCUT2D eigenvalue weighted by Crippen LogP contribution is -2.42. The number of benzene rings is 2. The number of halogens is 6. The minimum atomic E-state index is -4.84. The SMILES string of the molecule is NNC(=O)Oc1cc(C2=NOC(c3cc(Cl)cc(Cl)c3)(C(F)(F)F)C2)ccc1Cl. The standard InChI is InChI=1S/C17H11Cl3F3N3O3/c18-10-4-9(5-11(19)6-10)16(17(21,22)23)7-13(26-29-16)8-1-2-12(20)14(3-8)28-15(27)25-24/h1-6H,7,24H2,(H,25,27). The summed E-state index contributed by atoms with van der Waals surface area (Å²) in [4.78, 5) is 16.2. The Kier molecular flexibility index (Phi) is 5.86. The predicted molar refractivity (Wildman–Crippen MR) is 101 cm³/mol. The van der Waals surface area contributed by atoms with Crippen LogP contribution in [0, 0.1) is 0 Å². The molecule has 3 rings (SSSR count). The van der Waals surface area contributed by atoms with Crippen LogP contribution in [0.2, 0.25) is 15.1 Å². The zero-order chi connectivity index (χ0) is 21.4. The van der Waals surface area contributed by atoms with Crippen LogP contribution in [0.4, 0.5) is 18.0 Å². The maximum atomic E-state index is 14.0. The van der Waals surface area contributed by atoms with E-state index in [1.165, 1.54) is 24.3 Å². The summed E-state index contributed by atoms with van der Waals surface area (Å²) in [5, 5.41) is 3.69. The van der Waals surface area contributed by atoms with Crippen LogP contribution in [-0.2, 0) is 10.4 Å². The van der Waals surface area contributed by atoms with Gasteiger partial charge < -0.3 is 9.57 Å². The van der Waals surface area contributed by atoms with E-state index in [-0.39, 0.29) is 37.7 Å². The molecule has 1 aliphatic rings. The van der Waals surface area contributed by atoms with Crippen LogP contribution in [0.25, 0.3) is 0 Å². The number of nitrogens with two attached hydrogens (primary N) is 1. The van der Waals surface area contributed by atoms with Crippen LogP contribution in [0.1, 0.15) is 17.5 Å². The quantitative estimate of drug-likeness (QED) is 0.369. The molecule has 1 atom stereocenters. The number of alkyl halides is 3. The summed E-state index contributed by atoms with van der Waals surface area (Å²) in [5.74, 6) is 4.82. The van der Waals surface area contributed by atoms with Crippen molar-refractivity contribution in [1.82, 2.24) is 5.43 Å². The average Bonchev–Trinajstić information content (AvgIpc) is 3.09. The second-order valence-electron chi connectivity index (χ2n) is 5.97. The first-order valence-corrected chi connectivity index (χ1v) is 8.96. The highest BCUT2D eigenvalue weighted by Crippen LogP contribution is 2.49. The zero-order valence-corrected chi connectivity index (χ0v) is 16.5. The molecule has 1 aliphatic heterocycles. The minimum Gasteiger partial charge on any atom is -0.408 e. The molecule has 0 radical (unpaired) electrons. The zero-order valence-electron chi connectivity index (χ0n) is 14.2. The van der Waals surface area contributed by atoms with Crippen molar-refractivity contribution >= 4 is 46.6 Å². The molecule has 0 saturated carbocycles. The van der Waals surface area contributed by atoms with Crippen LogP contribution in [-0.4, -0.2) is 18.0 Å². The fraction of sp³-hybridized carbons (Fsp3) is 0.176. The molecule has 2 aromatic rings. The summed E-state index contributed by atoms with van der Waals surface area (Å²) in [6.45, 7) is 0. The Bertz CT molecular complexity index is 981. The van der Waals surface area contributed by atoms with E-state index in [1.807, 2.05) is 0 Å². The summed E-state index contributed by atoms with van der Waals surface area (Å²) >= 11 is 17.7. The largest absolute Gasteiger partial charge is 0.435 e. The number of ether oxygens (including phenoxy) is 1. The Morgan fingerprint density at radius 2 is 1.83 bits per heavy atom. The molecule has 0 spiro atoms. The summed E-state index contributed by atoms with van der Waals surface area (Å²) in [6, 6.07) is 7.52. The van der Waals surface area contributed by atoms with Crippen molar-refractivity contribution in [2.24, 2.45) is 11.0 Å². The van der Waals surface area contributed by atoms with Crippen molar-refractivity contribution in [2.45, 2.75) is 18.2 Å². The molecule has 154 valence electrons. The molecule has 2 aromatic carbocycles. The van der Waals surface area contributed by atoms with Crippen molar-refractivity contribution < 1.29 is 27.5 Å². The lowest BCUT2D eigenvalue weighted by atomic mass is 9.86. The third-order valence-corrected chi connectivity index (χ3v) is 4.85. The van der Waals surface area contributed by atoms with Gasteiger partial charge in [0.1, 0.15) is 0 Å². The van der Waals surface area contributed by atoms with Crippen LogP contribution in [0.5, 0.6) is 5.75 Å². The third-order valence-electron chi connectivity index (χ3n) is 4.10. The first-order chi connectivity index (χ1) is 13.6. The molecule has 29 heavy (non-hydrogen) atoms. The van der Waals surface area contributed by atoms with Crippen LogP contribution in [0.3, 0.4) is 0 Å². The Morgan fingerprint density at radius 1 is 1.17 bits per heavy atom. The molecule has 12 heteroatoms. The topological polar surface area (TPSA) is 85.9 Å². The van der Waals surface area contributed by atoms with E-state index in [0.29, 0.717) is 0 Å². The van der Waals surface area contributed by atoms with Gasteiger partial charge in [0.05, 0.1) is 10.7 Å². The summed E-state index contributed by atoms with van der Waals surface area (Å²) in [7, 11) is 0. The number of oxime groups is 1. The lowest BCUT2D eigenvalue weighted by Gasteiger charge is -2.29. The van der Waals surface area contributed by atoms with Crippen molar-refractivity contribution in [2.75, 3.05) is 0 Å². The van der Waals surface area contributed by atoms with Crippen molar-refractivity contribution in [3.8, 4) is 5.75 Å². The summed E-state index contributed by atoms with van der Waals surface area (Å²) in [6.07, 6.45) is -6.51. The molecule has 0 bridgehead atoms. The predicted octanol–water partition coefficient (Wildman–Crippen LogP) is 5.19. The molecular weight excluding hydrogens is 458 g/mol. The number of carbonyl (C=O) groups excluding carboxylic acids is 1. The Hall–Kier alpha value is -2.20. The fourth-order valence-electron chi connectivity index (χ4n) is 2.74. The van der Waals surface area contributed by atoms with Gasteiger partial charge in [0.15, 0.2) is 5.75 Å². The molecule has 3 N–H and O–H groups in total. The molecule has 0 aromatic heterocycles. The monoisotopic (exact) mass is 467 g/mol. The smallest absolute Gasteiger partial charge is 0.408 e. The highest BCUT2D eigenvalue weighted by molar-refractivity contribution is 6.34. The number of hydrogen-bond acceptors (Lipinski definition) is 5. The van der Waals surface area contributed by atoms with Crippen molar-refractivity contribution in [3.63, 3.8) is 0 Å². The molecule has 1 amide bonds. The minimum absolute atomic E-state index is 0.0168. The molecule has 1 heterocycles. The van der Waals surface area contributed by atoms with Gasteiger partial charge in [-0.2, -0.15) is 13.2 Å². The van der Waals surface area contributed by atoms with E-state index >= 15 is 0 Å². The number of hydrazine groups is 1. The molecule has 0 saturated heterocycles. The number of nitrogens with zero attached hydrogens (tertiary/aromatic N) is 1. The van der Waals surface area contributed by atoms with Crippen LogP contribution < -0.4 is 16.0 Å². The highest BCUT2D eigenvalue weighted by atomic mass is 35.5. The lowest BCUT2D eigenvalue weighted by molar-refractivity contribution is -0.275. The van der Waals surface area contributed by atoms with E-state index in [1.54, 1.807) is 5.43 Å². The van der Waals surface area contributed by atoms with Crippen molar-refractivity contribution in [3.05, 3.63) is 62.6 Å². The summed E-state index contributed by atoms with van der Waals surface area (Å²) in [5.41, 5.74) is -1.18. The number of hydrogen-bond donors (Lipinski definition) is 2. The van der Waals surface area contributed by atoms with E-state index in [9.17, 15) is 18.0 Å². The first kappa shape index (κ1) is 21.5. The second kappa shape index (κ2) is 7.91. The third kappa shape index (κ3) is 4.23. The van der Waals surface area contributed by atoms with Gasteiger partial charge in [-0.25, -0.2) is 10.6 Å². The highest BCUT2D eigenvalue weighted by Gasteiger charge is 2.62. The van der Waals surface area contributed by atoms with Gasteiger partial charge in [-0.05, 0) is 30.3 Å². The van der Waals surface area contributed by atoms with E-state index in [4.69, 9.17) is 50.2 Å². The number of amides is 1. The maximum Gasteiger partial charge on any atom is 0.435 e. The first-order valence-electron chi connectivity index (χ1n) is 7.82. The molecular formula is C17H11Cl3F3N3O3. The van der Waals surface area contributed by atoms with Crippen molar-refractivity contribution in [1.29, 1.82) is 0 Å². The van der Waals surface area contributed by atoms with Gasteiger partial charge in [-0.3, -0.25) is 5.43 Å². The van der Waals surface area contributed by atoms with Crippen LogP contribution in [0.15, 0.2) is 41.6 Å². The molecule has 6 nitrogen and oxygen atoms in total. The Balaban J connectivity index is 1.99. The number of carbonyl (C=O) groups is 1. The van der Waals surface area contributed by atoms with Gasteiger partial charge in [0, 0.05) is 27.6 Å². The number of rotatable bonds is 3. The van der Waals surface area contributed by atoms with E-state index in [2.05, 4.69) is 5.16 Å². The van der Waals surface area contributed by atoms with Gasteiger partial charge in [0.2, 0.25) is 0 Å². The molecule has 0 aliphatic carbocycles. The second-order valence-corrected chi connectivity index (χ2v) is 7.25. The maximum absolute atomic E-state index is 14.0. The van der Waals surface area contributed by atoms with Gasteiger partial charge >= 0.3 is 12.3 Å².